The van der Waals surface area contributed by atoms with Crippen molar-refractivity contribution in [3.63, 3.8) is 0 Å². The Morgan fingerprint density at radius 3 is 2.48 bits per heavy atom. The smallest absolute Gasteiger partial charge is 0.409 e. The molecule has 27 heavy (non-hydrogen) atoms. The van der Waals surface area contributed by atoms with Crippen molar-refractivity contribution < 1.29 is 14.3 Å². The first-order valence-corrected chi connectivity index (χ1v) is 9.92. The summed E-state index contributed by atoms with van der Waals surface area (Å²) in [6, 6.07) is 10.2. The minimum atomic E-state index is -0.429. The molecule has 0 aromatic heterocycles. The highest BCUT2D eigenvalue weighted by atomic mass is 16.6. The summed E-state index contributed by atoms with van der Waals surface area (Å²) in [5.41, 5.74) is 1.56. The lowest BCUT2D eigenvalue weighted by molar-refractivity contribution is -0.119. The standard InChI is InChI=1S/C21H31N3O3/c1-17(25)19(22-2)16-27-20(26)23-13-10-21(11-14-23)9-6-12-24(21)15-18-7-4-3-5-8-18/h3-5,7-8,19,22H,6,9-16H2,1-2H3. The lowest BCUT2D eigenvalue weighted by Crippen LogP contribution is -2.53. The van der Waals surface area contributed by atoms with Crippen molar-refractivity contribution in [1.82, 2.24) is 15.1 Å². The number of piperidine rings is 1. The van der Waals surface area contributed by atoms with Crippen LogP contribution in [0.2, 0.25) is 0 Å². The minimum absolute atomic E-state index is 0.0228. The summed E-state index contributed by atoms with van der Waals surface area (Å²) in [5.74, 6) is -0.0228. The first kappa shape index (κ1) is 19.8. The van der Waals surface area contributed by atoms with E-state index in [4.69, 9.17) is 4.74 Å². The van der Waals surface area contributed by atoms with Gasteiger partial charge in [-0.05, 0) is 51.8 Å². The van der Waals surface area contributed by atoms with Crippen LogP contribution >= 0.6 is 0 Å². The zero-order valence-corrected chi connectivity index (χ0v) is 16.4. The molecule has 1 aromatic carbocycles. The number of ketones is 1. The predicted octanol–water partition coefficient (Wildman–Crippen LogP) is 2.43. The van der Waals surface area contributed by atoms with E-state index >= 15 is 0 Å². The maximum atomic E-state index is 12.4. The van der Waals surface area contributed by atoms with Gasteiger partial charge in [0.05, 0.1) is 0 Å². The van der Waals surface area contributed by atoms with Gasteiger partial charge in [-0.2, -0.15) is 0 Å². The van der Waals surface area contributed by atoms with E-state index in [0.717, 1.165) is 25.9 Å². The van der Waals surface area contributed by atoms with Gasteiger partial charge in [0.15, 0.2) is 0 Å². The molecule has 0 bridgehead atoms. The zero-order chi connectivity index (χ0) is 19.3. The number of likely N-dealkylation sites (N-methyl/N-ethyl adjacent to an activating group) is 1. The molecule has 0 radical (unpaired) electrons. The van der Waals surface area contributed by atoms with E-state index in [-0.39, 0.29) is 24.0 Å². The van der Waals surface area contributed by atoms with Gasteiger partial charge in [-0.15, -0.1) is 0 Å². The van der Waals surface area contributed by atoms with E-state index in [1.54, 1.807) is 11.9 Å². The van der Waals surface area contributed by atoms with Crippen molar-refractivity contribution >= 4 is 11.9 Å². The predicted molar refractivity (Wildman–Crippen MR) is 105 cm³/mol. The Kier molecular flexibility index (Phi) is 6.50. The molecule has 148 valence electrons. The molecule has 1 atom stereocenters. The summed E-state index contributed by atoms with van der Waals surface area (Å²) < 4.78 is 5.36. The fourth-order valence-corrected chi connectivity index (χ4v) is 4.37. The van der Waals surface area contributed by atoms with Crippen molar-refractivity contribution in [2.24, 2.45) is 0 Å². The van der Waals surface area contributed by atoms with E-state index in [1.807, 2.05) is 0 Å². The molecule has 1 aromatic rings. The van der Waals surface area contributed by atoms with Gasteiger partial charge in [-0.1, -0.05) is 30.3 Å². The summed E-state index contributed by atoms with van der Waals surface area (Å²) in [7, 11) is 1.70. The van der Waals surface area contributed by atoms with Gasteiger partial charge in [-0.3, -0.25) is 9.69 Å². The van der Waals surface area contributed by atoms with Gasteiger partial charge in [0, 0.05) is 25.2 Å². The summed E-state index contributed by atoms with van der Waals surface area (Å²) >= 11 is 0. The second-order valence-corrected chi connectivity index (χ2v) is 7.75. The van der Waals surface area contributed by atoms with Crippen LogP contribution in [0.4, 0.5) is 4.79 Å². The van der Waals surface area contributed by atoms with Crippen LogP contribution < -0.4 is 5.32 Å². The normalized spacial score (nSPS) is 20.6. The number of amides is 1. The molecule has 0 saturated carbocycles. The third kappa shape index (κ3) is 4.68. The topological polar surface area (TPSA) is 61.9 Å². The van der Waals surface area contributed by atoms with E-state index in [9.17, 15) is 9.59 Å². The lowest BCUT2D eigenvalue weighted by Gasteiger charge is -2.44. The van der Waals surface area contributed by atoms with Crippen molar-refractivity contribution in [3.8, 4) is 0 Å². The second kappa shape index (κ2) is 8.85. The highest BCUT2D eigenvalue weighted by molar-refractivity contribution is 5.81. The maximum Gasteiger partial charge on any atom is 0.409 e. The Morgan fingerprint density at radius 1 is 1.15 bits per heavy atom. The van der Waals surface area contributed by atoms with Gasteiger partial charge in [-0.25, -0.2) is 4.79 Å². The van der Waals surface area contributed by atoms with E-state index in [0.29, 0.717) is 13.1 Å². The minimum Gasteiger partial charge on any atom is -0.447 e. The number of rotatable bonds is 6. The van der Waals surface area contributed by atoms with Crippen LogP contribution in [0.15, 0.2) is 30.3 Å². The summed E-state index contributed by atoms with van der Waals surface area (Å²) in [6.07, 6.45) is 4.09. The number of carbonyl (C=O) groups is 2. The molecule has 6 nitrogen and oxygen atoms in total. The molecule has 2 fully saturated rings. The first-order chi connectivity index (χ1) is 13.0. The molecule has 2 heterocycles. The Hall–Kier alpha value is -1.92. The number of Topliss-reactive ketones (excluding diaryl/α,β-unsaturated/α-hetero) is 1. The number of hydrogen-bond acceptors (Lipinski definition) is 5. The van der Waals surface area contributed by atoms with Crippen LogP contribution in [0.3, 0.4) is 0 Å². The van der Waals surface area contributed by atoms with Crippen LogP contribution in [0.25, 0.3) is 0 Å². The Morgan fingerprint density at radius 2 is 1.85 bits per heavy atom. The molecule has 1 unspecified atom stereocenters. The first-order valence-electron chi connectivity index (χ1n) is 9.92. The second-order valence-electron chi connectivity index (χ2n) is 7.75. The maximum absolute atomic E-state index is 12.4. The van der Waals surface area contributed by atoms with Crippen LogP contribution in [0.5, 0.6) is 0 Å². The number of ether oxygens (including phenoxy) is 1. The van der Waals surface area contributed by atoms with Gasteiger partial charge < -0.3 is 15.0 Å². The third-order valence-corrected chi connectivity index (χ3v) is 6.12. The fourth-order valence-electron chi connectivity index (χ4n) is 4.37. The van der Waals surface area contributed by atoms with Gasteiger partial charge in [0.1, 0.15) is 18.4 Å². The average Bonchev–Trinajstić information content (AvgIpc) is 3.05. The molecule has 1 amide bonds. The van der Waals surface area contributed by atoms with Crippen molar-refractivity contribution in [1.29, 1.82) is 0 Å². The third-order valence-electron chi connectivity index (χ3n) is 6.12. The molecular formula is C21H31N3O3. The number of nitrogens with zero attached hydrogens (tertiary/aromatic N) is 2. The molecule has 2 aliphatic heterocycles. The molecule has 6 heteroatoms. The van der Waals surface area contributed by atoms with Crippen LogP contribution in [0.1, 0.15) is 38.2 Å². The average molecular weight is 373 g/mol. The number of benzene rings is 1. The molecule has 1 spiro atoms. The Bertz CT molecular complexity index is 641. The van der Waals surface area contributed by atoms with E-state index in [2.05, 4.69) is 40.5 Å². The molecule has 2 aliphatic rings. The SMILES string of the molecule is CNC(COC(=O)N1CCC2(CCCN2Cc2ccccc2)CC1)C(C)=O. The molecular weight excluding hydrogens is 342 g/mol. The largest absolute Gasteiger partial charge is 0.447 e. The van der Waals surface area contributed by atoms with Gasteiger partial charge in [0.2, 0.25) is 0 Å². The van der Waals surface area contributed by atoms with Gasteiger partial charge >= 0.3 is 6.09 Å². The van der Waals surface area contributed by atoms with Crippen molar-refractivity contribution in [2.75, 3.05) is 33.3 Å². The molecule has 2 saturated heterocycles. The van der Waals surface area contributed by atoms with E-state index in [1.165, 1.54) is 25.3 Å². The van der Waals surface area contributed by atoms with Gasteiger partial charge in [0.25, 0.3) is 0 Å². The summed E-state index contributed by atoms with van der Waals surface area (Å²) in [6.45, 7) is 5.13. The number of nitrogens with one attached hydrogen (secondary N) is 1. The highest BCUT2D eigenvalue weighted by Gasteiger charge is 2.43. The fraction of sp³-hybridized carbons (Fsp3) is 0.619. The van der Waals surface area contributed by atoms with Crippen molar-refractivity contribution in [3.05, 3.63) is 35.9 Å². The van der Waals surface area contributed by atoms with Crippen LogP contribution in [-0.4, -0.2) is 66.5 Å². The summed E-state index contributed by atoms with van der Waals surface area (Å²) in [4.78, 5) is 28.2. The lowest BCUT2D eigenvalue weighted by atomic mass is 9.85. The zero-order valence-electron chi connectivity index (χ0n) is 16.4. The summed E-state index contributed by atoms with van der Waals surface area (Å²) in [5, 5.41) is 2.88. The highest BCUT2D eigenvalue weighted by Crippen LogP contribution is 2.39. The number of likely N-dealkylation sites (tertiary alicyclic amines) is 2. The number of carbonyl (C=O) groups excluding carboxylic acids is 2. The molecule has 3 rings (SSSR count). The Balaban J connectivity index is 1.52. The number of hydrogen-bond donors (Lipinski definition) is 1. The van der Waals surface area contributed by atoms with Crippen LogP contribution in [0, 0.1) is 0 Å². The van der Waals surface area contributed by atoms with E-state index < -0.39 is 6.04 Å². The monoisotopic (exact) mass is 373 g/mol. The molecule has 1 N–H and O–H groups in total. The Labute approximate surface area is 161 Å². The molecule has 0 aliphatic carbocycles. The van der Waals surface area contributed by atoms with Crippen molar-refractivity contribution in [2.45, 2.75) is 50.7 Å². The quantitative estimate of drug-likeness (QED) is 0.830. The van der Waals surface area contributed by atoms with Crippen LogP contribution in [-0.2, 0) is 16.1 Å².